The molecule has 3 aliphatic heterocycles. The van der Waals surface area contributed by atoms with Gasteiger partial charge in [0.15, 0.2) is 23.6 Å². The monoisotopic (exact) mass is 575 g/mol. The third-order valence-electron chi connectivity index (χ3n) is 6.68. The lowest BCUT2D eigenvalue weighted by Gasteiger charge is -2.17. The predicted molar refractivity (Wildman–Crippen MR) is 143 cm³/mol. The van der Waals surface area contributed by atoms with Crippen molar-refractivity contribution in [3.8, 4) is 22.4 Å². The summed E-state index contributed by atoms with van der Waals surface area (Å²) >= 11 is 6.54. The van der Waals surface area contributed by atoms with E-state index in [0.717, 1.165) is 12.1 Å². The van der Waals surface area contributed by atoms with E-state index in [1.165, 1.54) is 12.5 Å². The number of rotatable bonds is 4. The van der Waals surface area contributed by atoms with Gasteiger partial charge in [-0.05, 0) is 29.3 Å². The molecule has 204 valence electrons. The fourth-order valence-electron chi connectivity index (χ4n) is 4.91. The lowest BCUT2D eigenvalue weighted by Crippen LogP contribution is -2.34. The van der Waals surface area contributed by atoms with Crippen molar-refractivity contribution in [3.05, 3.63) is 64.8 Å². The molecule has 2 aromatic carbocycles. The van der Waals surface area contributed by atoms with Crippen LogP contribution < -0.4 is 0 Å². The summed E-state index contributed by atoms with van der Waals surface area (Å²) in [4.78, 5) is 9.23. The summed E-state index contributed by atoms with van der Waals surface area (Å²) in [5.41, 5.74) is 2.90. The van der Waals surface area contributed by atoms with Gasteiger partial charge in [-0.3, -0.25) is 0 Å². The first-order chi connectivity index (χ1) is 18.6. The van der Waals surface area contributed by atoms with Crippen LogP contribution in [0.5, 0.6) is 0 Å². The Kier molecular flexibility index (Phi) is 6.67. The van der Waals surface area contributed by atoms with E-state index in [1.807, 2.05) is 0 Å². The molecule has 0 spiro atoms. The van der Waals surface area contributed by atoms with Crippen LogP contribution >= 0.6 is 11.6 Å². The zero-order chi connectivity index (χ0) is 27.5. The van der Waals surface area contributed by atoms with Gasteiger partial charge >= 0.3 is 0 Å². The fraction of sp³-hybridized carbons (Fsp3) is 0.333. The molecule has 1 aromatic heterocycles. The van der Waals surface area contributed by atoms with E-state index in [9.17, 15) is 18.1 Å². The van der Waals surface area contributed by atoms with Gasteiger partial charge in [0.25, 0.3) is 0 Å². The van der Waals surface area contributed by atoms with Crippen LogP contribution in [-0.4, -0.2) is 70.3 Å². The van der Waals surface area contributed by atoms with E-state index < -0.39 is 39.3 Å². The second kappa shape index (κ2) is 9.90. The largest absolute Gasteiger partial charge is 0.472 e. The molecule has 0 aliphatic carbocycles. The summed E-state index contributed by atoms with van der Waals surface area (Å²) in [5.74, 6) is -1.30. The van der Waals surface area contributed by atoms with Crippen molar-refractivity contribution in [2.24, 2.45) is 9.36 Å². The molecule has 39 heavy (non-hydrogen) atoms. The quantitative estimate of drug-likeness (QED) is 0.478. The van der Waals surface area contributed by atoms with Crippen LogP contribution in [0.1, 0.15) is 5.69 Å². The number of nitrogens with zero attached hydrogens (tertiary/aromatic N) is 3. The number of aliphatic imine (C=N–C) groups is 1. The topological polar surface area (TPSA) is 103 Å². The molecule has 1 N–H and O–H groups in total. The number of hydrogen-bond acceptors (Lipinski definition) is 8. The minimum atomic E-state index is -2.72. The number of aromatic nitrogens is 1. The Balaban J connectivity index is 1.20. The van der Waals surface area contributed by atoms with E-state index in [0.29, 0.717) is 57.7 Å². The first-order valence-electron chi connectivity index (χ1n) is 12.2. The summed E-state index contributed by atoms with van der Waals surface area (Å²) < 4.78 is 62.0. The zero-order valence-electron chi connectivity index (χ0n) is 20.9. The van der Waals surface area contributed by atoms with Gasteiger partial charge in [0.2, 0.25) is 0 Å². The van der Waals surface area contributed by atoms with E-state index in [-0.39, 0.29) is 18.8 Å². The molecular weight excluding hydrogens is 552 g/mol. The summed E-state index contributed by atoms with van der Waals surface area (Å²) in [5, 5.41) is 10.3. The highest BCUT2D eigenvalue weighted by Gasteiger charge is 2.49. The number of fused-ring (bicyclic) bond motifs is 2. The minimum Gasteiger partial charge on any atom is -0.472 e. The fourth-order valence-corrected chi connectivity index (χ4v) is 5.78. The predicted octanol–water partition coefficient (Wildman–Crippen LogP) is 4.84. The van der Waals surface area contributed by atoms with Gasteiger partial charge in [-0.1, -0.05) is 35.9 Å². The van der Waals surface area contributed by atoms with Crippen LogP contribution in [-0.2, 0) is 30.4 Å². The Morgan fingerprint density at radius 3 is 2.38 bits per heavy atom. The number of halogens is 3. The molecule has 2 fully saturated rings. The highest BCUT2D eigenvalue weighted by Crippen LogP contribution is 2.37. The third-order valence-corrected chi connectivity index (χ3v) is 7.60. The molecule has 4 heterocycles. The van der Waals surface area contributed by atoms with Crippen molar-refractivity contribution in [2.45, 2.75) is 30.8 Å². The first kappa shape index (κ1) is 26.3. The zero-order valence-corrected chi connectivity index (χ0v) is 22.5. The molecule has 8 nitrogen and oxygen atoms in total. The average molecular weight is 576 g/mol. The molecule has 0 unspecified atom stereocenters. The number of benzene rings is 2. The Hall–Kier alpha value is -2.96. The van der Waals surface area contributed by atoms with Gasteiger partial charge in [-0.15, -0.1) is 0 Å². The summed E-state index contributed by atoms with van der Waals surface area (Å²) in [6, 6.07) is 11.0. The van der Waals surface area contributed by atoms with Crippen molar-refractivity contribution >= 4 is 38.6 Å². The van der Waals surface area contributed by atoms with Crippen molar-refractivity contribution in [3.63, 3.8) is 0 Å². The van der Waals surface area contributed by atoms with E-state index in [1.54, 1.807) is 30.3 Å². The van der Waals surface area contributed by atoms with Crippen molar-refractivity contribution in [2.75, 3.05) is 25.7 Å². The summed E-state index contributed by atoms with van der Waals surface area (Å²) in [6.45, 7) is 0.517. The number of aliphatic hydroxyl groups is 1. The average Bonchev–Trinajstić information content (AvgIpc) is 3.57. The first-order valence-corrected chi connectivity index (χ1v) is 14.9. The number of hydrogen-bond donors (Lipinski definition) is 1. The van der Waals surface area contributed by atoms with Gasteiger partial charge in [0.05, 0.1) is 41.7 Å². The minimum absolute atomic E-state index is 0.215. The maximum Gasteiger partial charge on any atom is 0.195 e. The Bertz CT molecular complexity index is 1590. The Morgan fingerprint density at radius 2 is 1.69 bits per heavy atom. The lowest BCUT2D eigenvalue weighted by atomic mass is 10.0. The van der Waals surface area contributed by atoms with Crippen molar-refractivity contribution in [1.82, 2.24) is 4.98 Å². The molecule has 3 aromatic rings. The molecule has 0 radical (unpaired) electrons. The molecule has 0 bridgehead atoms. The maximum absolute atomic E-state index is 14.6. The van der Waals surface area contributed by atoms with Crippen LogP contribution in [0.25, 0.3) is 22.4 Å². The van der Waals surface area contributed by atoms with Gasteiger partial charge in [0, 0.05) is 27.8 Å². The standard InChI is InChI=1S/C27H24ClF2N3O5S/c1-39(2,35)33-25-17(29)7-15(8-18(25)30)13-3-5-14(6-4-13)24-16(28)9-19-20(32-24)10-23(31-19)38-22-12-37-26-21(34)11-36-27(22)26/h3-9,21-22,26-27,34H,10-12H2,1-2H3/t21-,22-,26-,27-/m1/s1. The van der Waals surface area contributed by atoms with Crippen LogP contribution in [0.2, 0.25) is 5.02 Å². The van der Waals surface area contributed by atoms with Gasteiger partial charge in [0.1, 0.15) is 24.0 Å². The van der Waals surface area contributed by atoms with Crippen LogP contribution in [0.3, 0.4) is 0 Å². The van der Waals surface area contributed by atoms with Crippen LogP contribution in [0.15, 0.2) is 51.8 Å². The van der Waals surface area contributed by atoms with Gasteiger partial charge in [-0.25, -0.2) is 23.0 Å². The van der Waals surface area contributed by atoms with Gasteiger partial charge < -0.3 is 19.3 Å². The van der Waals surface area contributed by atoms with Crippen molar-refractivity contribution in [1.29, 1.82) is 0 Å². The highest BCUT2D eigenvalue weighted by atomic mass is 35.5. The Labute approximate surface area is 228 Å². The third kappa shape index (κ3) is 5.17. The van der Waals surface area contributed by atoms with E-state index in [2.05, 4.69) is 9.36 Å². The molecule has 0 saturated carbocycles. The molecule has 12 heteroatoms. The lowest BCUT2D eigenvalue weighted by molar-refractivity contribution is 0.00558. The van der Waals surface area contributed by atoms with E-state index >= 15 is 0 Å². The van der Waals surface area contributed by atoms with Gasteiger partial charge in [-0.2, -0.15) is 4.36 Å². The Morgan fingerprint density at radius 1 is 1.03 bits per heavy atom. The maximum atomic E-state index is 14.6. The van der Waals surface area contributed by atoms with Crippen LogP contribution in [0.4, 0.5) is 20.2 Å². The molecule has 0 amide bonds. The van der Waals surface area contributed by atoms with Crippen molar-refractivity contribution < 1.29 is 32.3 Å². The summed E-state index contributed by atoms with van der Waals surface area (Å²) in [7, 11) is -2.72. The van der Waals surface area contributed by atoms with E-state index in [4.69, 9.17) is 30.8 Å². The molecule has 3 aliphatic rings. The molecule has 6 rings (SSSR count). The second-order valence-electron chi connectivity index (χ2n) is 9.92. The number of aliphatic hydroxyl groups excluding tert-OH is 1. The SMILES string of the molecule is CS(C)(=O)=Nc1c(F)cc(-c2ccc(-c3nc4c(cc3Cl)N=C(O[C@@H]3CO[C@H]5[C@@H]3OC[C@H]5O)C4)cc2)cc1F. The molecular formula is C27H24ClF2N3O5S. The molecule has 2 saturated heterocycles. The normalized spacial score (nSPS) is 23.9. The highest BCUT2D eigenvalue weighted by molar-refractivity contribution is 7.92. The van der Waals surface area contributed by atoms with Crippen LogP contribution in [0, 0.1) is 11.6 Å². The molecule has 4 atom stereocenters. The summed E-state index contributed by atoms with van der Waals surface area (Å²) in [6.07, 6.45) is 1.22. The number of ether oxygens (including phenoxy) is 3. The number of pyridine rings is 1. The smallest absolute Gasteiger partial charge is 0.195 e. The second-order valence-corrected chi connectivity index (χ2v) is 12.9.